The molecule has 112 valence electrons. The lowest BCUT2D eigenvalue weighted by molar-refractivity contribution is 0.479. The van der Waals surface area contributed by atoms with Crippen LogP contribution in [0.15, 0.2) is 12.2 Å². The van der Waals surface area contributed by atoms with E-state index in [9.17, 15) is 0 Å². The van der Waals surface area contributed by atoms with Crippen LogP contribution in [0, 0.1) is 19.8 Å². The third kappa shape index (κ3) is 14.0. The van der Waals surface area contributed by atoms with Gasteiger partial charge in [-0.1, -0.05) is 97.1 Å². The molecule has 0 aliphatic heterocycles. The summed E-state index contributed by atoms with van der Waals surface area (Å²) in [7, 11) is 0. The Bertz CT molecular complexity index is 180. The van der Waals surface area contributed by atoms with Gasteiger partial charge in [-0.25, -0.2) is 0 Å². The minimum Gasteiger partial charge on any atom is -0.0885 e. The van der Waals surface area contributed by atoms with Gasteiger partial charge in [0.05, 0.1) is 0 Å². The molecule has 0 aliphatic rings. The normalized spacial score (nSPS) is 13.2. The fourth-order valence-electron chi connectivity index (χ4n) is 2.51. The molecule has 0 aliphatic carbocycles. The summed E-state index contributed by atoms with van der Waals surface area (Å²) >= 11 is 0. The SMILES string of the molecule is [CH2]CCCCCCCCC/C=C/CC(CC)CC[CH2]. The summed E-state index contributed by atoms with van der Waals surface area (Å²) in [6.45, 7) is 10.1. The Labute approximate surface area is 123 Å². The van der Waals surface area contributed by atoms with Gasteiger partial charge in [-0.2, -0.15) is 0 Å². The van der Waals surface area contributed by atoms with Crippen LogP contribution in [0.5, 0.6) is 0 Å². The minimum atomic E-state index is 0.863. The summed E-state index contributed by atoms with van der Waals surface area (Å²) in [5.41, 5.74) is 0. The Hall–Kier alpha value is -0.260. The van der Waals surface area contributed by atoms with E-state index in [-0.39, 0.29) is 0 Å². The zero-order valence-electron chi connectivity index (χ0n) is 13.3. The lowest BCUT2D eigenvalue weighted by Crippen LogP contribution is -1.95. The number of rotatable bonds is 14. The second-order valence-electron chi connectivity index (χ2n) is 5.74. The fraction of sp³-hybridized carbons (Fsp3) is 0.789. The van der Waals surface area contributed by atoms with Crippen molar-refractivity contribution >= 4 is 0 Å². The van der Waals surface area contributed by atoms with Crippen LogP contribution in [-0.4, -0.2) is 0 Å². The van der Waals surface area contributed by atoms with Crippen molar-refractivity contribution in [2.45, 2.75) is 90.4 Å². The highest BCUT2D eigenvalue weighted by molar-refractivity contribution is 4.83. The van der Waals surface area contributed by atoms with Crippen molar-refractivity contribution in [3.05, 3.63) is 26.0 Å². The van der Waals surface area contributed by atoms with Gasteiger partial charge < -0.3 is 0 Å². The average Bonchev–Trinajstić information content (AvgIpc) is 2.43. The molecule has 0 fully saturated rings. The molecule has 2 radical (unpaired) electrons. The molecule has 0 saturated carbocycles. The Morgan fingerprint density at radius 1 is 0.789 bits per heavy atom. The third-order valence-electron chi connectivity index (χ3n) is 3.95. The zero-order valence-corrected chi connectivity index (χ0v) is 13.3. The van der Waals surface area contributed by atoms with E-state index in [0.717, 1.165) is 18.8 Å². The van der Waals surface area contributed by atoms with E-state index >= 15 is 0 Å². The van der Waals surface area contributed by atoms with Crippen molar-refractivity contribution < 1.29 is 0 Å². The molecule has 0 nitrogen and oxygen atoms in total. The molecule has 0 N–H and O–H groups in total. The predicted octanol–water partition coefficient (Wildman–Crippen LogP) is 6.92. The van der Waals surface area contributed by atoms with Gasteiger partial charge in [0.25, 0.3) is 0 Å². The summed E-state index contributed by atoms with van der Waals surface area (Å²) in [6.07, 6.45) is 21.8. The Morgan fingerprint density at radius 2 is 1.42 bits per heavy atom. The first-order valence-electron chi connectivity index (χ1n) is 8.58. The van der Waals surface area contributed by atoms with Gasteiger partial charge in [0.1, 0.15) is 0 Å². The fourth-order valence-corrected chi connectivity index (χ4v) is 2.51. The molecule has 0 saturated heterocycles. The molecule has 0 rings (SSSR count). The number of allylic oxidation sites excluding steroid dienone is 2. The van der Waals surface area contributed by atoms with Crippen LogP contribution in [0.1, 0.15) is 90.4 Å². The molecular weight excluding hydrogens is 228 g/mol. The lowest BCUT2D eigenvalue weighted by atomic mass is 9.96. The van der Waals surface area contributed by atoms with Crippen molar-refractivity contribution in [1.29, 1.82) is 0 Å². The third-order valence-corrected chi connectivity index (χ3v) is 3.95. The van der Waals surface area contributed by atoms with Gasteiger partial charge >= 0.3 is 0 Å². The van der Waals surface area contributed by atoms with E-state index in [1.165, 1.54) is 70.6 Å². The van der Waals surface area contributed by atoms with Gasteiger partial charge in [0.2, 0.25) is 0 Å². The van der Waals surface area contributed by atoms with Crippen LogP contribution >= 0.6 is 0 Å². The molecule has 0 heterocycles. The molecular formula is C19H36. The van der Waals surface area contributed by atoms with Crippen LogP contribution in [0.2, 0.25) is 0 Å². The van der Waals surface area contributed by atoms with Crippen LogP contribution in [0.25, 0.3) is 0 Å². The summed E-state index contributed by atoms with van der Waals surface area (Å²) in [5.74, 6) is 0.863. The van der Waals surface area contributed by atoms with Gasteiger partial charge in [0.15, 0.2) is 0 Å². The Kier molecular flexibility index (Phi) is 15.6. The molecule has 0 aromatic carbocycles. The van der Waals surface area contributed by atoms with Crippen molar-refractivity contribution in [2.75, 3.05) is 0 Å². The Balaban J connectivity index is 3.24. The maximum absolute atomic E-state index is 3.95. The number of hydrogen-bond acceptors (Lipinski definition) is 0. The van der Waals surface area contributed by atoms with Crippen molar-refractivity contribution in [1.82, 2.24) is 0 Å². The van der Waals surface area contributed by atoms with Crippen LogP contribution in [-0.2, 0) is 0 Å². The Morgan fingerprint density at radius 3 is 2.00 bits per heavy atom. The van der Waals surface area contributed by atoms with Crippen LogP contribution in [0.4, 0.5) is 0 Å². The molecule has 0 aromatic rings. The smallest absolute Gasteiger partial charge is 0.0322 e. The van der Waals surface area contributed by atoms with Crippen molar-refractivity contribution in [3.8, 4) is 0 Å². The largest absolute Gasteiger partial charge is 0.0885 e. The van der Waals surface area contributed by atoms with E-state index in [2.05, 4.69) is 32.9 Å². The first-order chi connectivity index (χ1) is 9.35. The van der Waals surface area contributed by atoms with Gasteiger partial charge in [-0.15, -0.1) is 0 Å². The monoisotopic (exact) mass is 264 g/mol. The lowest BCUT2D eigenvalue weighted by Gasteiger charge is -2.09. The second kappa shape index (κ2) is 15.8. The molecule has 1 unspecified atom stereocenters. The highest BCUT2D eigenvalue weighted by Gasteiger charge is 2.01. The van der Waals surface area contributed by atoms with E-state index in [0.29, 0.717) is 0 Å². The standard InChI is InChI=1S/C19H36/c1-4-7-8-9-10-11-12-13-14-15-16-18-19(6-3)17-5-2/h15-16,19H,1-2,4-14,17-18H2,3H3/b16-15+. The minimum absolute atomic E-state index is 0.863. The second-order valence-corrected chi connectivity index (χ2v) is 5.74. The maximum Gasteiger partial charge on any atom is -0.0322 e. The molecule has 0 amide bonds. The van der Waals surface area contributed by atoms with E-state index in [1.54, 1.807) is 0 Å². The predicted molar refractivity (Wildman–Crippen MR) is 89.0 cm³/mol. The first-order valence-corrected chi connectivity index (χ1v) is 8.58. The molecule has 1 atom stereocenters. The van der Waals surface area contributed by atoms with Crippen LogP contribution < -0.4 is 0 Å². The molecule has 0 spiro atoms. The summed E-state index contributed by atoms with van der Waals surface area (Å²) in [5, 5.41) is 0. The zero-order chi connectivity index (χ0) is 14.2. The van der Waals surface area contributed by atoms with E-state index in [4.69, 9.17) is 0 Å². The average molecular weight is 264 g/mol. The van der Waals surface area contributed by atoms with Gasteiger partial charge in [-0.3, -0.25) is 0 Å². The number of unbranched alkanes of at least 4 members (excludes halogenated alkanes) is 8. The van der Waals surface area contributed by atoms with E-state index < -0.39 is 0 Å². The van der Waals surface area contributed by atoms with Crippen molar-refractivity contribution in [2.24, 2.45) is 5.92 Å². The molecule has 0 bridgehead atoms. The summed E-state index contributed by atoms with van der Waals surface area (Å²) in [6, 6.07) is 0. The van der Waals surface area contributed by atoms with Gasteiger partial charge in [-0.05, 0) is 25.2 Å². The first kappa shape index (κ1) is 18.7. The maximum atomic E-state index is 3.95. The summed E-state index contributed by atoms with van der Waals surface area (Å²) in [4.78, 5) is 0. The van der Waals surface area contributed by atoms with Gasteiger partial charge in [0, 0.05) is 0 Å². The highest BCUT2D eigenvalue weighted by atomic mass is 14.1. The van der Waals surface area contributed by atoms with E-state index in [1.807, 2.05) is 0 Å². The van der Waals surface area contributed by atoms with Crippen LogP contribution in [0.3, 0.4) is 0 Å². The number of hydrogen-bond donors (Lipinski definition) is 0. The molecule has 0 heteroatoms. The highest BCUT2D eigenvalue weighted by Crippen LogP contribution is 2.16. The molecule has 0 aromatic heterocycles. The topological polar surface area (TPSA) is 0 Å². The summed E-state index contributed by atoms with van der Waals surface area (Å²) < 4.78 is 0. The van der Waals surface area contributed by atoms with Crippen molar-refractivity contribution in [3.63, 3.8) is 0 Å². The quantitative estimate of drug-likeness (QED) is 0.236. The molecule has 19 heavy (non-hydrogen) atoms.